The number of nitrogens with zero attached hydrogens (tertiary/aromatic N) is 2. The SMILES string of the molecule is C#CCn1nc(NS(=O)(=O)c2ccccc2)c(-c2ccccc2)c1C(F)(F)F. The summed E-state index contributed by atoms with van der Waals surface area (Å²) in [6.07, 6.45) is 0.372. The highest BCUT2D eigenvalue weighted by Gasteiger charge is 2.41. The fourth-order valence-electron chi connectivity index (χ4n) is 2.69. The van der Waals surface area contributed by atoms with E-state index in [2.05, 4.69) is 15.7 Å². The van der Waals surface area contributed by atoms with Gasteiger partial charge in [-0.15, -0.1) is 6.42 Å². The van der Waals surface area contributed by atoms with Gasteiger partial charge in [0.05, 0.1) is 10.5 Å². The van der Waals surface area contributed by atoms with Gasteiger partial charge in [0.2, 0.25) is 0 Å². The van der Waals surface area contributed by atoms with Gasteiger partial charge < -0.3 is 0 Å². The van der Waals surface area contributed by atoms with E-state index in [9.17, 15) is 21.6 Å². The number of nitrogens with one attached hydrogen (secondary N) is 1. The summed E-state index contributed by atoms with van der Waals surface area (Å²) in [5, 5.41) is 3.82. The molecule has 0 bridgehead atoms. The van der Waals surface area contributed by atoms with Crippen LogP contribution in [0.4, 0.5) is 19.0 Å². The lowest BCUT2D eigenvalue weighted by Crippen LogP contribution is -2.15. The van der Waals surface area contributed by atoms with E-state index < -0.39 is 34.3 Å². The third-order valence-corrected chi connectivity index (χ3v) is 5.16. The minimum atomic E-state index is -4.80. The zero-order valence-electron chi connectivity index (χ0n) is 14.3. The fraction of sp³-hybridized carbons (Fsp3) is 0.105. The summed E-state index contributed by atoms with van der Waals surface area (Å²) in [6.45, 7) is -0.470. The van der Waals surface area contributed by atoms with Crippen molar-refractivity contribution in [1.29, 1.82) is 0 Å². The summed E-state index contributed by atoms with van der Waals surface area (Å²) in [5.41, 5.74) is -1.35. The molecule has 5 nitrogen and oxygen atoms in total. The molecule has 0 aliphatic carbocycles. The van der Waals surface area contributed by atoms with Crippen molar-refractivity contribution in [3.05, 3.63) is 66.4 Å². The quantitative estimate of drug-likeness (QED) is 0.653. The van der Waals surface area contributed by atoms with Gasteiger partial charge in [-0.3, -0.25) is 4.72 Å². The number of benzene rings is 2. The topological polar surface area (TPSA) is 64.0 Å². The first-order valence-electron chi connectivity index (χ1n) is 7.99. The first kappa shape index (κ1) is 19.5. The first-order chi connectivity index (χ1) is 13.2. The lowest BCUT2D eigenvalue weighted by molar-refractivity contribution is -0.143. The summed E-state index contributed by atoms with van der Waals surface area (Å²) in [5.74, 6) is 1.66. The number of terminal acetylenes is 1. The molecule has 0 aliphatic rings. The number of alkyl halides is 3. The maximum atomic E-state index is 13.8. The van der Waals surface area contributed by atoms with Crippen LogP contribution in [0, 0.1) is 12.3 Å². The third kappa shape index (κ3) is 3.87. The first-order valence-corrected chi connectivity index (χ1v) is 9.47. The predicted molar refractivity (Wildman–Crippen MR) is 98.7 cm³/mol. The summed E-state index contributed by atoms with van der Waals surface area (Å²) in [7, 11) is -4.15. The van der Waals surface area contributed by atoms with Gasteiger partial charge in [-0.05, 0) is 17.7 Å². The molecule has 0 unspecified atom stereocenters. The van der Waals surface area contributed by atoms with Crippen LogP contribution in [0.25, 0.3) is 11.1 Å². The fourth-order valence-corrected chi connectivity index (χ4v) is 3.72. The van der Waals surface area contributed by atoms with Crippen LogP contribution in [-0.2, 0) is 22.7 Å². The van der Waals surface area contributed by atoms with Gasteiger partial charge in [0.25, 0.3) is 10.0 Å². The van der Waals surface area contributed by atoms with Crippen LogP contribution in [-0.4, -0.2) is 18.2 Å². The van der Waals surface area contributed by atoms with E-state index in [0.717, 1.165) is 0 Å². The van der Waals surface area contributed by atoms with Gasteiger partial charge in [0.15, 0.2) is 11.5 Å². The van der Waals surface area contributed by atoms with E-state index in [0.29, 0.717) is 4.68 Å². The van der Waals surface area contributed by atoms with Crippen molar-refractivity contribution in [3.63, 3.8) is 0 Å². The second kappa shape index (κ2) is 7.40. The summed E-state index contributed by atoms with van der Waals surface area (Å²) in [4.78, 5) is -0.103. The smallest absolute Gasteiger partial charge is 0.261 e. The Morgan fingerprint density at radius 3 is 2.14 bits per heavy atom. The van der Waals surface area contributed by atoms with Crippen molar-refractivity contribution in [1.82, 2.24) is 9.78 Å². The summed E-state index contributed by atoms with van der Waals surface area (Å²) >= 11 is 0. The van der Waals surface area contributed by atoms with Crippen LogP contribution < -0.4 is 4.72 Å². The lowest BCUT2D eigenvalue weighted by Gasteiger charge is -2.12. The predicted octanol–water partition coefficient (Wildman–Crippen LogP) is 4.00. The van der Waals surface area contributed by atoms with E-state index in [1.54, 1.807) is 24.3 Å². The van der Waals surface area contributed by atoms with Gasteiger partial charge >= 0.3 is 6.18 Å². The molecule has 1 aromatic heterocycles. The zero-order chi connectivity index (χ0) is 20.4. The lowest BCUT2D eigenvalue weighted by atomic mass is 10.1. The number of anilines is 1. The molecule has 3 rings (SSSR count). The Balaban J connectivity index is 2.22. The van der Waals surface area contributed by atoms with E-state index in [4.69, 9.17) is 6.42 Å². The van der Waals surface area contributed by atoms with Crippen LogP contribution in [0.3, 0.4) is 0 Å². The molecule has 2 aromatic carbocycles. The number of aromatic nitrogens is 2. The highest BCUT2D eigenvalue weighted by Crippen LogP contribution is 2.41. The number of halogens is 3. The number of hydrogen-bond acceptors (Lipinski definition) is 3. The van der Waals surface area contributed by atoms with Crippen LogP contribution in [0.15, 0.2) is 65.6 Å². The van der Waals surface area contributed by atoms with Crippen LogP contribution in [0.2, 0.25) is 0 Å². The molecule has 0 atom stereocenters. The normalized spacial score (nSPS) is 11.8. The minimum Gasteiger partial charge on any atom is -0.261 e. The molecule has 0 spiro atoms. The van der Waals surface area contributed by atoms with Crippen molar-refractivity contribution in [2.45, 2.75) is 17.6 Å². The van der Waals surface area contributed by atoms with E-state index in [1.807, 2.05) is 0 Å². The maximum Gasteiger partial charge on any atom is 0.433 e. The van der Waals surface area contributed by atoms with Crippen LogP contribution >= 0.6 is 0 Å². The molecular formula is C19H14F3N3O2S. The third-order valence-electron chi connectivity index (χ3n) is 3.81. The van der Waals surface area contributed by atoms with Gasteiger partial charge in [0.1, 0.15) is 6.54 Å². The minimum absolute atomic E-state index is 0.103. The van der Waals surface area contributed by atoms with E-state index in [-0.39, 0.29) is 16.0 Å². The molecule has 1 N–H and O–H groups in total. The van der Waals surface area contributed by atoms with Crippen molar-refractivity contribution in [3.8, 4) is 23.5 Å². The highest BCUT2D eigenvalue weighted by molar-refractivity contribution is 7.92. The molecule has 1 heterocycles. The van der Waals surface area contributed by atoms with Crippen LogP contribution in [0.5, 0.6) is 0 Å². The van der Waals surface area contributed by atoms with Crippen LogP contribution in [0.1, 0.15) is 5.69 Å². The van der Waals surface area contributed by atoms with Crippen molar-refractivity contribution >= 4 is 15.8 Å². The average molecular weight is 405 g/mol. The Bertz CT molecular complexity index is 1120. The molecule has 0 aliphatic heterocycles. The van der Waals surface area contributed by atoms with E-state index >= 15 is 0 Å². The number of hydrogen-bond donors (Lipinski definition) is 1. The second-order valence-electron chi connectivity index (χ2n) is 5.72. The molecule has 0 amide bonds. The van der Waals surface area contributed by atoms with Crippen molar-refractivity contribution in [2.24, 2.45) is 0 Å². The molecule has 0 saturated carbocycles. The standard InChI is InChI=1S/C19H14F3N3O2S/c1-2-13-25-17(19(20,21)22)16(14-9-5-3-6-10-14)18(23-25)24-28(26,27)15-11-7-4-8-12-15/h1,3-12H,13H2,(H,23,24). The van der Waals surface area contributed by atoms with Gasteiger partial charge in [-0.25, -0.2) is 13.1 Å². The van der Waals surface area contributed by atoms with Crippen molar-refractivity contribution in [2.75, 3.05) is 4.72 Å². The Labute approximate surface area is 159 Å². The second-order valence-corrected chi connectivity index (χ2v) is 7.40. The number of rotatable bonds is 5. The Hall–Kier alpha value is -3.25. The molecule has 28 heavy (non-hydrogen) atoms. The molecule has 144 valence electrons. The maximum absolute atomic E-state index is 13.8. The largest absolute Gasteiger partial charge is 0.433 e. The monoisotopic (exact) mass is 405 g/mol. The van der Waals surface area contributed by atoms with Gasteiger partial charge in [-0.1, -0.05) is 54.5 Å². The molecular weight excluding hydrogens is 391 g/mol. The summed E-state index contributed by atoms with van der Waals surface area (Å²) in [6, 6.07) is 14.9. The molecule has 0 fully saturated rings. The van der Waals surface area contributed by atoms with E-state index in [1.165, 1.54) is 36.4 Å². The molecule has 9 heteroatoms. The Morgan fingerprint density at radius 2 is 1.61 bits per heavy atom. The summed E-state index contributed by atoms with van der Waals surface area (Å²) < 4.78 is 69.3. The van der Waals surface area contributed by atoms with Crippen molar-refractivity contribution < 1.29 is 21.6 Å². The van der Waals surface area contributed by atoms with Gasteiger partial charge in [0, 0.05) is 0 Å². The molecule has 0 saturated heterocycles. The number of sulfonamides is 1. The Morgan fingerprint density at radius 1 is 1.04 bits per heavy atom. The zero-order valence-corrected chi connectivity index (χ0v) is 15.1. The van der Waals surface area contributed by atoms with Gasteiger partial charge in [-0.2, -0.15) is 18.3 Å². The average Bonchev–Trinajstić information content (AvgIpc) is 3.01. The molecule has 0 radical (unpaired) electrons. The molecule has 3 aromatic rings. The Kier molecular flexibility index (Phi) is 5.16. The highest BCUT2D eigenvalue weighted by atomic mass is 32.2.